The molecule has 0 aliphatic carbocycles. The fraction of sp³-hybridized carbons (Fsp3) is 0.565. The summed E-state index contributed by atoms with van der Waals surface area (Å²) >= 11 is 1.62. The fourth-order valence-corrected chi connectivity index (χ4v) is 4.41. The smallest absolute Gasteiger partial charge is 0.411 e. The molecule has 1 heterocycles. The number of carbonyl (C=O) groups excluding carboxylic acids is 1. The highest BCUT2D eigenvalue weighted by atomic mass is 32.2. The monoisotopic (exact) mass is 489 g/mol. The van der Waals surface area contributed by atoms with E-state index in [9.17, 15) is 27.9 Å². The molecule has 6 nitrogen and oxygen atoms in total. The van der Waals surface area contributed by atoms with Gasteiger partial charge in [-0.3, -0.25) is 9.59 Å². The second-order valence-corrected chi connectivity index (χ2v) is 9.11. The Bertz CT molecular complexity index is 803. The van der Waals surface area contributed by atoms with Gasteiger partial charge in [0.05, 0.1) is 18.8 Å². The number of carboxylic acids is 1. The van der Waals surface area contributed by atoms with Crippen LogP contribution in [0.25, 0.3) is 0 Å². The highest BCUT2D eigenvalue weighted by molar-refractivity contribution is 7.99. The van der Waals surface area contributed by atoms with Crippen LogP contribution in [0, 0.1) is 0 Å². The lowest BCUT2D eigenvalue weighted by Gasteiger charge is -2.22. The van der Waals surface area contributed by atoms with Gasteiger partial charge < -0.3 is 19.8 Å². The lowest BCUT2D eigenvalue weighted by atomic mass is 10.0. The first-order chi connectivity index (χ1) is 15.6. The number of carbonyl (C=O) groups is 2. The first-order valence-corrected chi connectivity index (χ1v) is 12.0. The maximum Gasteiger partial charge on any atom is 0.411 e. The molecule has 2 atom stereocenters. The third-order valence-electron chi connectivity index (χ3n) is 5.06. The van der Waals surface area contributed by atoms with Gasteiger partial charge in [0.2, 0.25) is 5.91 Å². The molecule has 1 amide bonds. The van der Waals surface area contributed by atoms with Crippen molar-refractivity contribution in [2.45, 2.75) is 57.0 Å². The van der Waals surface area contributed by atoms with Crippen LogP contribution >= 0.6 is 11.8 Å². The zero-order valence-corrected chi connectivity index (χ0v) is 19.1. The van der Waals surface area contributed by atoms with Gasteiger partial charge in [-0.05, 0) is 29.7 Å². The van der Waals surface area contributed by atoms with Gasteiger partial charge in [0.15, 0.2) is 0 Å². The van der Waals surface area contributed by atoms with Gasteiger partial charge in [0, 0.05) is 31.6 Å². The van der Waals surface area contributed by atoms with E-state index < -0.39 is 24.9 Å². The standard InChI is InChI=1S/C23H30F3NO5S/c24-23(25,26)16-32-15-18-4-1-3-17(13-18)14-20(28)8-6-19-7-9-21(29)27(19)10-12-33-11-2-5-22(30)31/h1,3-4,6,8,13,19-20,28H,2,5,7,9-12,14-16H2,(H,30,31)/t19-,20+/m0/s1. The number of rotatable bonds is 14. The highest BCUT2D eigenvalue weighted by Gasteiger charge is 2.29. The van der Waals surface area contributed by atoms with Crippen molar-refractivity contribution in [3.05, 3.63) is 47.5 Å². The molecule has 33 heavy (non-hydrogen) atoms. The van der Waals surface area contributed by atoms with Crippen LogP contribution < -0.4 is 0 Å². The predicted molar refractivity (Wildman–Crippen MR) is 120 cm³/mol. The third kappa shape index (κ3) is 11.1. The Morgan fingerprint density at radius 1 is 1.30 bits per heavy atom. The number of aliphatic hydroxyl groups excluding tert-OH is 1. The van der Waals surface area contributed by atoms with Crippen LogP contribution in [0.1, 0.15) is 36.8 Å². The second-order valence-electron chi connectivity index (χ2n) is 7.89. The number of thioether (sulfide) groups is 1. The molecule has 0 saturated carbocycles. The largest absolute Gasteiger partial charge is 0.481 e. The average Bonchev–Trinajstić information content (AvgIpc) is 3.07. The van der Waals surface area contributed by atoms with Gasteiger partial charge in [-0.2, -0.15) is 24.9 Å². The molecule has 1 aromatic carbocycles. The van der Waals surface area contributed by atoms with E-state index in [0.717, 1.165) is 17.1 Å². The molecular weight excluding hydrogens is 459 g/mol. The van der Waals surface area contributed by atoms with Gasteiger partial charge in [-0.25, -0.2) is 0 Å². The van der Waals surface area contributed by atoms with Crippen molar-refractivity contribution in [2.75, 3.05) is 24.7 Å². The number of alkyl halides is 3. The number of hydrogen-bond donors (Lipinski definition) is 2. The average molecular weight is 490 g/mol. The minimum absolute atomic E-state index is 0.0665. The van der Waals surface area contributed by atoms with E-state index in [4.69, 9.17) is 5.11 Å². The minimum atomic E-state index is -4.37. The lowest BCUT2D eigenvalue weighted by Crippen LogP contribution is -2.34. The molecule has 1 aliphatic rings. The molecular formula is C23H30F3NO5S. The molecule has 1 saturated heterocycles. The number of aliphatic hydroxyl groups is 1. The summed E-state index contributed by atoms with van der Waals surface area (Å²) in [5, 5.41) is 19.0. The second kappa shape index (κ2) is 13.6. The Kier molecular flexibility index (Phi) is 11.2. The molecule has 2 rings (SSSR count). The molecule has 10 heteroatoms. The van der Waals surface area contributed by atoms with E-state index in [-0.39, 0.29) is 25.0 Å². The molecule has 0 bridgehead atoms. The number of nitrogens with zero attached hydrogens (tertiary/aromatic N) is 1. The van der Waals surface area contributed by atoms with Gasteiger partial charge in [0.1, 0.15) is 6.61 Å². The number of amides is 1. The molecule has 2 N–H and O–H groups in total. The molecule has 0 unspecified atom stereocenters. The van der Waals surface area contributed by atoms with Crippen LogP contribution in [0.2, 0.25) is 0 Å². The van der Waals surface area contributed by atoms with Gasteiger partial charge in [-0.1, -0.05) is 36.4 Å². The van der Waals surface area contributed by atoms with Gasteiger partial charge >= 0.3 is 12.1 Å². The summed E-state index contributed by atoms with van der Waals surface area (Å²) in [4.78, 5) is 24.5. The van der Waals surface area contributed by atoms with E-state index in [1.54, 1.807) is 47.0 Å². The summed E-state index contributed by atoms with van der Waals surface area (Å²) in [5.41, 5.74) is 1.37. The van der Waals surface area contributed by atoms with E-state index in [1.165, 1.54) is 0 Å². The predicted octanol–water partition coefficient (Wildman–Crippen LogP) is 3.81. The van der Waals surface area contributed by atoms with Crippen molar-refractivity contribution < 1.29 is 37.7 Å². The first-order valence-electron chi connectivity index (χ1n) is 10.8. The quantitative estimate of drug-likeness (QED) is 0.305. The summed E-state index contributed by atoms with van der Waals surface area (Å²) in [5.74, 6) is 0.711. The van der Waals surface area contributed by atoms with Crippen molar-refractivity contribution in [3.8, 4) is 0 Å². The summed E-state index contributed by atoms with van der Waals surface area (Å²) in [6, 6.07) is 6.79. The van der Waals surface area contributed by atoms with Crippen LogP contribution in [-0.2, 0) is 27.4 Å². The summed E-state index contributed by atoms with van der Waals surface area (Å²) in [6.45, 7) is -0.894. The zero-order valence-electron chi connectivity index (χ0n) is 18.3. The normalized spacial score (nSPS) is 17.8. The van der Waals surface area contributed by atoms with Crippen molar-refractivity contribution >= 4 is 23.6 Å². The van der Waals surface area contributed by atoms with Crippen molar-refractivity contribution in [1.29, 1.82) is 0 Å². The maximum atomic E-state index is 12.2. The molecule has 184 valence electrons. The van der Waals surface area contributed by atoms with Crippen LogP contribution in [0.3, 0.4) is 0 Å². The number of halogens is 3. The van der Waals surface area contributed by atoms with E-state index in [2.05, 4.69) is 4.74 Å². The summed E-state index contributed by atoms with van der Waals surface area (Å²) in [6.07, 6.45) is 0.494. The Balaban J connectivity index is 1.79. The maximum absolute atomic E-state index is 12.2. The summed E-state index contributed by atoms with van der Waals surface area (Å²) in [7, 11) is 0. The van der Waals surface area contributed by atoms with Crippen LogP contribution in [0.5, 0.6) is 0 Å². The number of aliphatic carboxylic acids is 1. The molecule has 1 aromatic rings. The van der Waals surface area contributed by atoms with E-state index in [1.807, 2.05) is 6.08 Å². The Morgan fingerprint density at radius 2 is 2.06 bits per heavy atom. The fourth-order valence-electron chi connectivity index (χ4n) is 3.53. The molecule has 0 radical (unpaired) electrons. The lowest BCUT2D eigenvalue weighted by molar-refractivity contribution is -0.176. The number of carboxylic acid groups (broad SMARTS) is 1. The molecule has 1 fully saturated rings. The number of hydrogen-bond acceptors (Lipinski definition) is 5. The minimum Gasteiger partial charge on any atom is -0.481 e. The number of benzene rings is 1. The topological polar surface area (TPSA) is 87.1 Å². The summed E-state index contributed by atoms with van der Waals surface area (Å²) < 4.78 is 41.3. The highest BCUT2D eigenvalue weighted by Crippen LogP contribution is 2.21. The van der Waals surface area contributed by atoms with Crippen molar-refractivity contribution in [3.63, 3.8) is 0 Å². The van der Waals surface area contributed by atoms with Crippen molar-refractivity contribution in [1.82, 2.24) is 4.90 Å². The molecule has 0 aromatic heterocycles. The van der Waals surface area contributed by atoms with E-state index in [0.29, 0.717) is 37.8 Å². The Hall–Kier alpha value is -2.04. The van der Waals surface area contributed by atoms with Crippen LogP contribution in [0.15, 0.2) is 36.4 Å². The SMILES string of the molecule is O=C(O)CCCSCCN1C(=O)CC[C@@H]1C=C[C@@H](O)Cc1cccc(COCC(F)(F)F)c1. The number of ether oxygens (including phenoxy) is 1. The van der Waals surface area contributed by atoms with Gasteiger partial charge in [0.25, 0.3) is 0 Å². The number of likely N-dealkylation sites (tertiary alicyclic amines) is 1. The first kappa shape index (κ1) is 27.2. The van der Waals surface area contributed by atoms with Gasteiger partial charge in [-0.15, -0.1) is 0 Å². The Labute approximate surface area is 195 Å². The molecule has 1 aliphatic heterocycles. The van der Waals surface area contributed by atoms with Crippen molar-refractivity contribution in [2.24, 2.45) is 0 Å². The van der Waals surface area contributed by atoms with Crippen LogP contribution in [-0.4, -0.2) is 70.0 Å². The Morgan fingerprint density at radius 3 is 2.79 bits per heavy atom. The zero-order chi connectivity index (χ0) is 24.3. The third-order valence-corrected chi connectivity index (χ3v) is 6.11. The molecule has 0 spiro atoms. The van der Waals surface area contributed by atoms with E-state index >= 15 is 0 Å². The van der Waals surface area contributed by atoms with Crippen LogP contribution in [0.4, 0.5) is 13.2 Å².